The number of hydrogen-bond acceptors (Lipinski definition) is 5. The van der Waals surface area contributed by atoms with E-state index in [1.54, 1.807) is 11.4 Å². The van der Waals surface area contributed by atoms with Crippen molar-refractivity contribution in [3.8, 4) is 0 Å². The summed E-state index contributed by atoms with van der Waals surface area (Å²) in [5, 5.41) is 15.2. The lowest BCUT2D eigenvalue weighted by atomic mass is 9.84. The SMILES string of the molecule is CCOC(=O)[C@@H]1[C@@H](c2cccs2)NC(=O)N[C@@]1(O)C(F)(F)F. The molecule has 0 spiro atoms. The maximum absolute atomic E-state index is 13.3. The van der Waals surface area contributed by atoms with Crippen LogP contribution in [0.25, 0.3) is 0 Å². The summed E-state index contributed by atoms with van der Waals surface area (Å²) in [7, 11) is 0. The topological polar surface area (TPSA) is 87.7 Å². The minimum Gasteiger partial charge on any atom is -0.466 e. The van der Waals surface area contributed by atoms with Crippen molar-refractivity contribution in [2.24, 2.45) is 5.92 Å². The molecule has 0 bridgehead atoms. The number of carbonyl (C=O) groups is 2. The fourth-order valence-electron chi connectivity index (χ4n) is 2.24. The smallest absolute Gasteiger partial charge is 0.437 e. The number of urea groups is 1. The standard InChI is InChI=1S/C12H13F3N2O4S/c1-2-21-9(18)7-8(6-4-3-5-22-6)16-10(19)17-11(7,20)12(13,14)15/h3-5,7-8,20H,2H2,1H3,(H2,16,17,19)/t7-,8+,11-/m0/s1. The Morgan fingerprint density at radius 1 is 1.55 bits per heavy atom. The van der Waals surface area contributed by atoms with Gasteiger partial charge in [0.1, 0.15) is 5.92 Å². The van der Waals surface area contributed by atoms with Crippen LogP contribution in [0.3, 0.4) is 0 Å². The highest BCUT2D eigenvalue weighted by Gasteiger charge is 2.67. The van der Waals surface area contributed by atoms with E-state index in [0.717, 1.165) is 11.3 Å². The predicted molar refractivity (Wildman–Crippen MR) is 69.9 cm³/mol. The molecule has 1 fully saturated rings. The quantitative estimate of drug-likeness (QED) is 0.730. The van der Waals surface area contributed by atoms with E-state index in [-0.39, 0.29) is 6.61 Å². The number of ether oxygens (including phenoxy) is 1. The van der Waals surface area contributed by atoms with Gasteiger partial charge in [0.05, 0.1) is 12.6 Å². The van der Waals surface area contributed by atoms with E-state index in [0.29, 0.717) is 4.88 Å². The largest absolute Gasteiger partial charge is 0.466 e. The van der Waals surface area contributed by atoms with Crippen molar-refractivity contribution in [2.75, 3.05) is 6.61 Å². The van der Waals surface area contributed by atoms with E-state index in [1.807, 2.05) is 0 Å². The molecule has 3 N–H and O–H groups in total. The lowest BCUT2D eigenvalue weighted by Gasteiger charge is -2.43. The number of halogens is 3. The minimum absolute atomic E-state index is 0.158. The van der Waals surface area contributed by atoms with E-state index < -0.39 is 35.9 Å². The van der Waals surface area contributed by atoms with Crippen LogP contribution < -0.4 is 10.6 Å². The number of aliphatic hydroxyl groups is 1. The lowest BCUT2D eigenvalue weighted by molar-refractivity contribution is -0.294. The van der Waals surface area contributed by atoms with Gasteiger partial charge in [-0.2, -0.15) is 13.2 Å². The molecule has 10 heteroatoms. The molecule has 22 heavy (non-hydrogen) atoms. The van der Waals surface area contributed by atoms with Crippen molar-refractivity contribution in [3.05, 3.63) is 22.4 Å². The third kappa shape index (κ3) is 2.75. The van der Waals surface area contributed by atoms with Crippen molar-refractivity contribution >= 4 is 23.3 Å². The normalized spacial score (nSPS) is 28.7. The Balaban J connectivity index is 2.51. The first-order valence-corrected chi connectivity index (χ1v) is 7.16. The maximum atomic E-state index is 13.3. The molecule has 0 aliphatic carbocycles. The van der Waals surface area contributed by atoms with E-state index in [1.165, 1.54) is 18.3 Å². The first-order valence-electron chi connectivity index (χ1n) is 6.28. The second kappa shape index (κ2) is 5.76. The van der Waals surface area contributed by atoms with Crippen LogP contribution in [0, 0.1) is 5.92 Å². The molecule has 6 nitrogen and oxygen atoms in total. The molecule has 0 radical (unpaired) electrons. The summed E-state index contributed by atoms with van der Waals surface area (Å²) in [5.41, 5.74) is -3.71. The number of rotatable bonds is 3. The fourth-order valence-corrected chi connectivity index (χ4v) is 3.06. The molecular formula is C12H13F3N2O4S. The molecular weight excluding hydrogens is 325 g/mol. The summed E-state index contributed by atoms with van der Waals surface area (Å²) in [5.74, 6) is -3.32. The Morgan fingerprint density at radius 3 is 2.73 bits per heavy atom. The average Bonchev–Trinajstić information content (AvgIpc) is 2.90. The summed E-state index contributed by atoms with van der Waals surface area (Å²) < 4.78 is 44.5. The van der Waals surface area contributed by atoms with Gasteiger partial charge in [0.2, 0.25) is 0 Å². The number of amides is 2. The van der Waals surface area contributed by atoms with Gasteiger partial charge in [-0.1, -0.05) is 6.07 Å². The van der Waals surface area contributed by atoms with Gasteiger partial charge in [-0.3, -0.25) is 4.79 Å². The van der Waals surface area contributed by atoms with Gasteiger partial charge >= 0.3 is 18.2 Å². The fraction of sp³-hybridized carbons (Fsp3) is 0.500. The summed E-state index contributed by atoms with van der Waals surface area (Å²) >= 11 is 1.05. The number of hydrogen-bond donors (Lipinski definition) is 3. The molecule has 1 aromatic heterocycles. The Morgan fingerprint density at radius 2 is 2.23 bits per heavy atom. The molecule has 0 unspecified atom stereocenters. The summed E-state index contributed by atoms with van der Waals surface area (Å²) in [4.78, 5) is 23.8. The van der Waals surface area contributed by atoms with Gasteiger partial charge < -0.3 is 20.5 Å². The third-order valence-electron chi connectivity index (χ3n) is 3.20. The zero-order chi connectivity index (χ0) is 16.5. The highest BCUT2D eigenvalue weighted by molar-refractivity contribution is 7.10. The monoisotopic (exact) mass is 338 g/mol. The summed E-state index contributed by atoms with van der Waals surface area (Å²) in [6.45, 7) is 1.27. The van der Waals surface area contributed by atoms with E-state index >= 15 is 0 Å². The van der Waals surface area contributed by atoms with Crippen LogP contribution in [0.1, 0.15) is 17.8 Å². The Labute approximate surface area is 127 Å². The first-order chi connectivity index (χ1) is 10.2. The van der Waals surface area contributed by atoms with Crippen LogP contribution in [-0.4, -0.2) is 35.6 Å². The van der Waals surface area contributed by atoms with Gasteiger partial charge in [0, 0.05) is 4.88 Å². The van der Waals surface area contributed by atoms with Crippen molar-refractivity contribution < 1.29 is 32.6 Å². The molecule has 122 valence electrons. The average molecular weight is 338 g/mol. The van der Waals surface area contributed by atoms with Crippen molar-refractivity contribution in [2.45, 2.75) is 24.9 Å². The van der Waals surface area contributed by atoms with Gasteiger partial charge in [-0.25, -0.2) is 4.79 Å². The minimum atomic E-state index is -5.25. The summed E-state index contributed by atoms with van der Waals surface area (Å²) in [6.07, 6.45) is -5.25. The molecule has 0 aromatic carbocycles. The molecule has 2 amide bonds. The molecule has 1 aliphatic rings. The Bertz CT molecular complexity index is 563. The number of carbonyl (C=O) groups excluding carboxylic acids is 2. The van der Waals surface area contributed by atoms with E-state index in [4.69, 9.17) is 0 Å². The molecule has 2 heterocycles. The maximum Gasteiger partial charge on any atom is 0.437 e. The molecule has 1 saturated heterocycles. The van der Waals surface area contributed by atoms with Crippen LogP contribution >= 0.6 is 11.3 Å². The van der Waals surface area contributed by atoms with Gasteiger partial charge in [-0.15, -0.1) is 11.3 Å². The predicted octanol–water partition coefficient (Wildman–Crippen LogP) is 1.53. The number of nitrogens with one attached hydrogen (secondary N) is 2. The lowest BCUT2D eigenvalue weighted by Crippen LogP contribution is -2.73. The van der Waals surface area contributed by atoms with Crippen LogP contribution in [0.2, 0.25) is 0 Å². The van der Waals surface area contributed by atoms with Crippen molar-refractivity contribution in [1.82, 2.24) is 10.6 Å². The molecule has 1 aromatic rings. The second-order valence-electron chi connectivity index (χ2n) is 4.59. The molecule has 1 aliphatic heterocycles. The third-order valence-corrected chi connectivity index (χ3v) is 4.15. The van der Waals surface area contributed by atoms with Crippen LogP contribution in [0.4, 0.5) is 18.0 Å². The number of alkyl halides is 3. The van der Waals surface area contributed by atoms with E-state index in [9.17, 15) is 27.9 Å². The Hall–Kier alpha value is -1.81. The first kappa shape index (κ1) is 16.6. The number of thiophene rings is 1. The van der Waals surface area contributed by atoms with E-state index in [2.05, 4.69) is 10.1 Å². The van der Waals surface area contributed by atoms with Gasteiger partial charge in [0.25, 0.3) is 5.72 Å². The molecule has 0 saturated carbocycles. The molecule has 2 rings (SSSR count). The number of esters is 1. The second-order valence-corrected chi connectivity index (χ2v) is 5.56. The van der Waals surface area contributed by atoms with Crippen molar-refractivity contribution in [3.63, 3.8) is 0 Å². The van der Waals surface area contributed by atoms with Crippen LogP contribution in [0.5, 0.6) is 0 Å². The zero-order valence-corrected chi connectivity index (χ0v) is 12.1. The van der Waals surface area contributed by atoms with Crippen LogP contribution in [-0.2, 0) is 9.53 Å². The zero-order valence-electron chi connectivity index (χ0n) is 11.3. The highest BCUT2D eigenvalue weighted by Crippen LogP contribution is 2.43. The van der Waals surface area contributed by atoms with Crippen molar-refractivity contribution in [1.29, 1.82) is 0 Å². The summed E-state index contributed by atoms with van der Waals surface area (Å²) in [6, 6.07) is 0.450. The molecule has 3 atom stereocenters. The van der Waals surface area contributed by atoms with Crippen LogP contribution in [0.15, 0.2) is 17.5 Å². The highest BCUT2D eigenvalue weighted by atomic mass is 32.1. The van der Waals surface area contributed by atoms with Gasteiger partial charge in [0.15, 0.2) is 0 Å². The van der Waals surface area contributed by atoms with Gasteiger partial charge in [-0.05, 0) is 18.4 Å². The Kier molecular flexibility index (Phi) is 4.34.